The first-order chi connectivity index (χ1) is 40.5. The molecule has 0 spiro atoms. The highest BCUT2D eigenvalue weighted by atomic mass is 19.1. The van der Waals surface area contributed by atoms with Gasteiger partial charge in [-0.15, -0.1) is 0 Å². The van der Waals surface area contributed by atoms with Gasteiger partial charge in [0.15, 0.2) is 11.6 Å². The van der Waals surface area contributed by atoms with Gasteiger partial charge in [-0.1, -0.05) is 12.1 Å². The summed E-state index contributed by atoms with van der Waals surface area (Å²) in [5.74, 6) is -3.57. The maximum atomic E-state index is 17.1. The molecule has 6 aromatic rings. The van der Waals surface area contributed by atoms with Crippen molar-refractivity contribution in [1.29, 1.82) is 0 Å². The molecule has 4 fully saturated rings. The Morgan fingerprint density at radius 2 is 1.19 bits per heavy atom. The number of halogens is 5. The molecule has 2 aromatic heterocycles. The lowest BCUT2D eigenvalue weighted by Gasteiger charge is -2.36. The van der Waals surface area contributed by atoms with Crippen LogP contribution in [0.4, 0.5) is 42.9 Å². The zero-order valence-electron chi connectivity index (χ0n) is 47.9. The van der Waals surface area contributed by atoms with E-state index in [2.05, 4.69) is 20.6 Å². The van der Waals surface area contributed by atoms with E-state index in [0.29, 0.717) is 93.9 Å². The van der Waals surface area contributed by atoms with E-state index in [1.807, 2.05) is 13.8 Å². The van der Waals surface area contributed by atoms with Gasteiger partial charge in [-0.05, 0) is 120 Å². The van der Waals surface area contributed by atoms with Crippen molar-refractivity contribution in [3.8, 4) is 0 Å². The number of likely N-dealkylation sites (tertiary alicyclic amines) is 2. The quantitative estimate of drug-likeness (QED) is 0.0510. The number of fused-ring (bicyclic) bond motifs is 2. The van der Waals surface area contributed by atoms with Crippen LogP contribution in [0.1, 0.15) is 131 Å². The Labute approximate surface area is 483 Å². The molecule has 0 unspecified atom stereocenters. The fourth-order valence-electron chi connectivity index (χ4n) is 13.0. The standard InChI is InChI=1S/C60H72F5N11O8/c1-7-72(8-2)59(80)70-52(32(3)82-4)57(78)74-21-9-11-49(74)55-66-43-27-37(39(62)29-45(43)68-55)47-17-18-48(76(47)36-25-41(64)54(42(65)26-36)73-23-19-34(20-24-73)33-13-15-35(61)16-14-33)38-28-44-46(30-40(38)63)69-56(67-44)50-12-10-22-75(50)58(79)53(51(31-77)83-5)71-60(81)84-6/h13-16,25-30,32,34,47-53,77H,7-12,17-24,31H2,1-6H3,(H,66,68)(H,67,69)(H,70,80)(H,71,81)/t32-,47-,48-,49+,50+,51-,52+,53+/m1/s1. The molecule has 4 aromatic carbocycles. The number of amides is 5. The summed E-state index contributed by atoms with van der Waals surface area (Å²) in [5, 5.41) is 15.4. The molecule has 450 valence electrons. The van der Waals surface area contributed by atoms with Crippen molar-refractivity contribution in [2.75, 3.05) is 77.0 Å². The number of imidazole rings is 2. The third kappa shape index (κ3) is 11.7. The minimum absolute atomic E-state index is 0.0394. The Kier molecular flexibility index (Phi) is 18.0. The van der Waals surface area contributed by atoms with Crippen molar-refractivity contribution >= 4 is 57.4 Å². The number of nitrogens with zero attached hydrogens (tertiary/aromatic N) is 7. The number of alkyl carbamates (subject to hydrolysis) is 1. The number of hydrogen-bond acceptors (Lipinski definition) is 12. The lowest BCUT2D eigenvalue weighted by Crippen LogP contribution is -2.56. The first kappa shape index (κ1) is 59.6. The summed E-state index contributed by atoms with van der Waals surface area (Å²) in [5.41, 5.74) is 2.34. The SMILES string of the molecule is CCN(CC)C(=O)N[C@H](C(=O)N1CCC[C@H]1c1nc2cc(F)c([C@H]3CC[C@H](c4cc5[nH]c([C@@H]6CCCN6C(=O)[C@@H](NC(=O)OC)[C@@H](CO)OC)nc5cc4F)N3c3cc(F)c(N4CCC(c5ccc(F)cc5)CC4)c(F)c3)cc2[nH]1)[C@@H](C)OC. The van der Waals surface area contributed by atoms with Gasteiger partial charge in [-0.25, -0.2) is 41.5 Å². The fraction of sp³-hybridized carbons (Fsp3) is 0.500. The van der Waals surface area contributed by atoms with Gasteiger partial charge < -0.3 is 64.4 Å². The van der Waals surface area contributed by atoms with Crippen molar-refractivity contribution in [3.63, 3.8) is 0 Å². The first-order valence-electron chi connectivity index (χ1n) is 28.8. The minimum Gasteiger partial charge on any atom is -0.453 e. The maximum absolute atomic E-state index is 17.1. The van der Waals surface area contributed by atoms with Crippen molar-refractivity contribution in [2.45, 2.75) is 127 Å². The van der Waals surface area contributed by atoms with E-state index in [0.717, 1.165) is 12.7 Å². The van der Waals surface area contributed by atoms with Gasteiger partial charge in [0.2, 0.25) is 11.8 Å². The second-order valence-electron chi connectivity index (χ2n) is 22.1. The van der Waals surface area contributed by atoms with Crippen LogP contribution >= 0.6 is 0 Å². The third-order valence-corrected chi connectivity index (χ3v) is 17.5. The molecule has 5 amide bonds. The normalized spacial score (nSPS) is 20.9. The molecule has 24 heteroatoms. The number of urea groups is 1. The summed E-state index contributed by atoms with van der Waals surface area (Å²) in [6, 6.07) is 8.58. The minimum atomic E-state index is -1.32. The highest BCUT2D eigenvalue weighted by Crippen LogP contribution is 2.50. The molecular weight excluding hydrogens is 1100 g/mol. The number of aromatic nitrogens is 4. The van der Waals surface area contributed by atoms with Crippen LogP contribution in [-0.2, 0) is 23.8 Å². The van der Waals surface area contributed by atoms with Gasteiger partial charge in [-0.2, -0.15) is 0 Å². The number of ether oxygens (including phenoxy) is 3. The lowest BCUT2D eigenvalue weighted by molar-refractivity contribution is -0.139. The number of carbonyl (C=O) groups is 4. The van der Waals surface area contributed by atoms with E-state index >= 15 is 17.6 Å². The Balaban J connectivity index is 0.988. The van der Waals surface area contributed by atoms with Crippen LogP contribution in [0.25, 0.3) is 22.1 Å². The summed E-state index contributed by atoms with van der Waals surface area (Å²) in [6.07, 6.45) is 1.01. The number of benzene rings is 4. The Hall–Kier alpha value is -7.57. The molecular formula is C60H72F5N11O8. The third-order valence-electron chi connectivity index (χ3n) is 17.5. The molecule has 5 N–H and O–H groups in total. The van der Waals surface area contributed by atoms with Crippen molar-refractivity contribution in [2.24, 2.45) is 0 Å². The van der Waals surface area contributed by atoms with Crippen LogP contribution in [0.3, 0.4) is 0 Å². The number of methoxy groups -OCH3 is 3. The monoisotopic (exact) mass is 1170 g/mol. The largest absolute Gasteiger partial charge is 0.453 e. The molecule has 4 aliphatic rings. The van der Waals surface area contributed by atoms with Crippen LogP contribution in [0.2, 0.25) is 0 Å². The number of piperidine rings is 1. The van der Waals surface area contributed by atoms with E-state index in [-0.39, 0.29) is 70.6 Å². The van der Waals surface area contributed by atoms with Crippen LogP contribution in [0.5, 0.6) is 0 Å². The van der Waals surface area contributed by atoms with Gasteiger partial charge >= 0.3 is 12.1 Å². The van der Waals surface area contributed by atoms with E-state index in [1.165, 1.54) is 55.5 Å². The molecule has 19 nitrogen and oxygen atoms in total. The molecule has 4 aliphatic heterocycles. The van der Waals surface area contributed by atoms with Crippen molar-refractivity contribution < 1.29 is 60.4 Å². The zero-order valence-corrected chi connectivity index (χ0v) is 47.9. The number of hydrogen-bond donors (Lipinski definition) is 5. The number of aliphatic hydroxyl groups excluding tert-OH is 1. The molecule has 0 radical (unpaired) electrons. The summed E-state index contributed by atoms with van der Waals surface area (Å²) in [4.78, 5) is 78.3. The summed E-state index contributed by atoms with van der Waals surface area (Å²) in [7, 11) is 3.90. The van der Waals surface area contributed by atoms with Crippen LogP contribution in [-0.4, -0.2) is 155 Å². The Morgan fingerprint density at radius 3 is 1.67 bits per heavy atom. The van der Waals surface area contributed by atoms with E-state index in [9.17, 15) is 28.7 Å². The lowest BCUT2D eigenvalue weighted by atomic mass is 9.89. The maximum Gasteiger partial charge on any atom is 0.407 e. The smallest absolute Gasteiger partial charge is 0.407 e. The number of carbonyl (C=O) groups excluding carboxylic acids is 4. The van der Waals surface area contributed by atoms with E-state index in [4.69, 9.17) is 24.2 Å². The predicted molar refractivity (Wildman–Crippen MR) is 303 cm³/mol. The molecule has 4 saturated heterocycles. The molecule has 10 rings (SSSR count). The second kappa shape index (κ2) is 25.3. The first-order valence-corrected chi connectivity index (χ1v) is 28.8. The average molecular weight is 1170 g/mol. The fourth-order valence-corrected chi connectivity index (χ4v) is 13.0. The molecule has 0 saturated carbocycles. The zero-order chi connectivity index (χ0) is 59.7. The predicted octanol–water partition coefficient (Wildman–Crippen LogP) is 9.12. The average Bonchev–Trinajstić information content (AvgIpc) is 2.29. The topological polar surface area (TPSA) is 214 Å². The Morgan fingerprint density at radius 1 is 0.667 bits per heavy atom. The molecule has 84 heavy (non-hydrogen) atoms. The van der Waals surface area contributed by atoms with E-state index in [1.54, 1.807) is 50.8 Å². The van der Waals surface area contributed by atoms with E-state index < -0.39 is 96.4 Å². The highest BCUT2D eigenvalue weighted by molar-refractivity contribution is 5.89. The molecule has 0 bridgehead atoms. The number of aromatic amines is 2. The summed E-state index contributed by atoms with van der Waals surface area (Å²) < 4.78 is 97.5. The summed E-state index contributed by atoms with van der Waals surface area (Å²) >= 11 is 0. The van der Waals surface area contributed by atoms with Crippen molar-refractivity contribution in [3.05, 3.63) is 118 Å². The van der Waals surface area contributed by atoms with Crippen LogP contribution in [0.15, 0.2) is 60.7 Å². The van der Waals surface area contributed by atoms with Gasteiger partial charge in [0.05, 0.1) is 66.1 Å². The van der Waals surface area contributed by atoms with Gasteiger partial charge in [0.25, 0.3) is 0 Å². The van der Waals surface area contributed by atoms with Gasteiger partial charge in [0, 0.05) is 82.4 Å². The second-order valence-corrected chi connectivity index (χ2v) is 22.1. The molecule has 8 atom stereocenters. The van der Waals surface area contributed by atoms with Crippen molar-refractivity contribution in [1.82, 2.24) is 45.3 Å². The number of rotatable bonds is 18. The summed E-state index contributed by atoms with van der Waals surface area (Å²) in [6.45, 7) is 6.95. The molecule has 6 heterocycles. The van der Waals surface area contributed by atoms with Crippen LogP contribution < -0.4 is 20.4 Å². The van der Waals surface area contributed by atoms with Gasteiger partial charge in [-0.3, -0.25) is 9.59 Å². The number of aliphatic hydroxyl groups is 1. The number of nitrogens with one attached hydrogen (secondary N) is 4. The number of anilines is 2. The van der Waals surface area contributed by atoms with Gasteiger partial charge in [0.1, 0.15) is 53.0 Å². The molecule has 0 aliphatic carbocycles. The van der Waals surface area contributed by atoms with Crippen LogP contribution in [0, 0.1) is 29.1 Å². The Bertz CT molecular complexity index is 3350. The number of H-pyrrole nitrogens is 2. The highest BCUT2D eigenvalue weighted by Gasteiger charge is 2.44.